The van der Waals surface area contributed by atoms with Gasteiger partial charge in [0.25, 0.3) is 0 Å². The molecule has 0 spiro atoms. The lowest BCUT2D eigenvalue weighted by molar-refractivity contribution is -0.109. The number of carbonyl (C=O) groups is 1. The Hall–Kier alpha value is -3.07. The molecule has 0 aliphatic rings. The molecular formula is C30H34N3O5PS. The molecule has 4 rings (SSSR count). The van der Waals surface area contributed by atoms with Gasteiger partial charge < -0.3 is 0 Å². The average molecular weight is 580 g/mol. The van der Waals surface area contributed by atoms with Crippen molar-refractivity contribution in [2.24, 2.45) is 0 Å². The molecule has 210 valence electrons. The molecular weight excluding hydrogens is 545 g/mol. The van der Waals surface area contributed by atoms with Crippen molar-refractivity contribution in [3.05, 3.63) is 120 Å². The SMILES string of the molecule is CCOP(=O)(OCC)OCCC(SC(C)=O)c1ncn(C(c2ccccc2)(c2ccccc2)c2ccccc2)n1. The van der Waals surface area contributed by atoms with Gasteiger partial charge in [-0.25, -0.2) is 14.2 Å². The van der Waals surface area contributed by atoms with Gasteiger partial charge in [-0.2, -0.15) is 5.10 Å². The zero-order valence-corrected chi connectivity index (χ0v) is 24.6. The summed E-state index contributed by atoms with van der Waals surface area (Å²) >= 11 is 1.11. The largest absolute Gasteiger partial charge is 0.474 e. The first-order valence-corrected chi connectivity index (χ1v) is 15.6. The molecule has 40 heavy (non-hydrogen) atoms. The molecule has 0 N–H and O–H groups in total. The van der Waals surface area contributed by atoms with Crippen LogP contribution >= 0.6 is 19.6 Å². The van der Waals surface area contributed by atoms with Gasteiger partial charge in [-0.3, -0.25) is 18.4 Å². The lowest BCUT2D eigenvalue weighted by Crippen LogP contribution is -2.38. The molecule has 1 atom stereocenters. The molecule has 8 nitrogen and oxygen atoms in total. The van der Waals surface area contributed by atoms with Gasteiger partial charge in [0.05, 0.1) is 25.1 Å². The van der Waals surface area contributed by atoms with Crippen LogP contribution < -0.4 is 0 Å². The van der Waals surface area contributed by atoms with Crippen LogP contribution in [0.1, 0.15) is 55.0 Å². The second-order valence-electron chi connectivity index (χ2n) is 8.86. The summed E-state index contributed by atoms with van der Waals surface area (Å²) in [6.07, 6.45) is 2.04. The lowest BCUT2D eigenvalue weighted by atomic mass is 9.77. The number of rotatable bonds is 14. The van der Waals surface area contributed by atoms with E-state index in [1.165, 1.54) is 6.92 Å². The first-order valence-electron chi connectivity index (χ1n) is 13.2. The molecule has 0 amide bonds. The fourth-order valence-electron chi connectivity index (χ4n) is 4.66. The fourth-order valence-corrected chi connectivity index (χ4v) is 6.67. The van der Waals surface area contributed by atoms with Gasteiger partial charge in [0.1, 0.15) is 11.9 Å². The number of phosphoric ester groups is 1. The first kappa shape index (κ1) is 29.9. The normalized spacial score (nSPS) is 12.8. The van der Waals surface area contributed by atoms with E-state index in [2.05, 4.69) is 36.4 Å². The van der Waals surface area contributed by atoms with E-state index in [1.54, 1.807) is 20.2 Å². The summed E-state index contributed by atoms with van der Waals surface area (Å²) in [5, 5.41) is 4.48. The van der Waals surface area contributed by atoms with Crippen LogP contribution in [-0.4, -0.2) is 39.7 Å². The van der Waals surface area contributed by atoms with Crippen LogP contribution in [0, 0.1) is 0 Å². The van der Waals surface area contributed by atoms with Crippen molar-refractivity contribution >= 4 is 24.7 Å². The van der Waals surface area contributed by atoms with Crippen LogP contribution in [0.15, 0.2) is 97.3 Å². The minimum atomic E-state index is -3.68. The van der Waals surface area contributed by atoms with E-state index in [1.807, 2.05) is 59.3 Å². The van der Waals surface area contributed by atoms with Gasteiger partial charge in [-0.05, 0) is 37.0 Å². The number of hydrogen-bond acceptors (Lipinski definition) is 8. The molecule has 1 heterocycles. The molecule has 1 aromatic heterocycles. The van der Waals surface area contributed by atoms with Gasteiger partial charge >= 0.3 is 7.82 Å². The fraction of sp³-hybridized carbons (Fsp3) is 0.300. The zero-order valence-electron chi connectivity index (χ0n) is 22.9. The maximum Gasteiger partial charge on any atom is 0.474 e. The minimum Gasteiger partial charge on any atom is -0.288 e. The van der Waals surface area contributed by atoms with Crippen LogP contribution in [0.25, 0.3) is 0 Å². The van der Waals surface area contributed by atoms with Crippen molar-refractivity contribution in [1.82, 2.24) is 14.8 Å². The number of benzene rings is 3. The monoisotopic (exact) mass is 579 g/mol. The molecule has 0 saturated heterocycles. The molecule has 0 fully saturated rings. The van der Waals surface area contributed by atoms with Crippen LogP contribution in [0.2, 0.25) is 0 Å². The molecule has 0 radical (unpaired) electrons. The Bertz CT molecular complexity index is 1300. The Kier molecular flexibility index (Phi) is 10.5. The molecule has 10 heteroatoms. The maximum absolute atomic E-state index is 12.8. The second-order valence-corrected chi connectivity index (χ2v) is 11.9. The molecule has 0 aliphatic heterocycles. The van der Waals surface area contributed by atoms with E-state index in [9.17, 15) is 9.36 Å². The van der Waals surface area contributed by atoms with E-state index in [-0.39, 0.29) is 24.9 Å². The topological polar surface area (TPSA) is 92.5 Å². The van der Waals surface area contributed by atoms with Crippen LogP contribution in [0.5, 0.6) is 0 Å². The molecule has 4 aromatic rings. The van der Waals surface area contributed by atoms with Gasteiger partial charge in [0, 0.05) is 6.92 Å². The van der Waals surface area contributed by atoms with Crippen LogP contribution in [0.4, 0.5) is 0 Å². The molecule has 3 aromatic carbocycles. The number of carbonyl (C=O) groups excluding carboxylic acids is 1. The van der Waals surface area contributed by atoms with E-state index in [4.69, 9.17) is 23.7 Å². The predicted octanol–water partition coefficient (Wildman–Crippen LogP) is 7.03. The van der Waals surface area contributed by atoms with Crippen molar-refractivity contribution in [2.45, 2.75) is 38.0 Å². The highest BCUT2D eigenvalue weighted by Gasteiger charge is 2.40. The van der Waals surface area contributed by atoms with E-state index < -0.39 is 18.6 Å². The summed E-state index contributed by atoms with van der Waals surface area (Å²) in [7, 11) is -3.68. The zero-order chi connectivity index (χ0) is 28.4. The van der Waals surface area contributed by atoms with Crippen molar-refractivity contribution in [3.8, 4) is 0 Å². The van der Waals surface area contributed by atoms with Gasteiger partial charge in [-0.15, -0.1) is 0 Å². The number of nitrogens with zero attached hydrogens (tertiary/aromatic N) is 3. The van der Waals surface area contributed by atoms with Gasteiger partial charge in [0.15, 0.2) is 10.9 Å². The molecule has 0 bridgehead atoms. The smallest absolute Gasteiger partial charge is 0.288 e. The summed E-state index contributed by atoms with van der Waals surface area (Å²) in [6, 6.07) is 30.5. The highest BCUT2D eigenvalue weighted by Crippen LogP contribution is 2.50. The summed E-state index contributed by atoms with van der Waals surface area (Å²) in [5.74, 6) is 0.471. The minimum absolute atomic E-state index is 0.0396. The highest BCUT2D eigenvalue weighted by molar-refractivity contribution is 8.13. The highest BCUT2D eigenvalue weighted by atomic mass is 32.2. The summed E-state index contributed by atoms with van der Waals surface area (Å²) in [6.45, 7) is 5.36. The van der Waals surface area contributed by atoms with Gasteiger partial charge in [-0.1, -0.05) is 103 Å². The average Bonchev–Trinajstić information content (AvgIpc) is 3.45. The Morgan fingerprint density at radius 1 is 0.850 bits per heavy atom. The number of phosphoric acid groups is 1. The van der Waals surface area contributed by atoms with Crippen LogP contribution in [-0.2, 0) is 28.5 Å². The Morgan fingerprint density at radius 3 is 1.75 bits per heavy atom. The second kappa shape index (κ2) is 14.0. The number of hydrogen-bond donors (Lipinski definition) is 0. The standard InChI is InChI=1S/C30H34N3O5PS/c1-4-36-39(35,37-5-2)38-22-21-28(40-24(3)34)29-31-23-33(32-29)30(25-15-9-6-10-16-25,26-17-11-7-12-18-26)27-19-13-8-14-20-27/h6-20,23,28H,4-5,21-22H2,1-3H3. The van der Waals surface area contributed by atoms with Gasteiger partial charge in [0.2, 0.25) is 0 Å². The molecule has 0 aliphatic carbocycles. The Labute approximate surface area is 239 Å². The molecule has 1 unspecified atom stereocenters. The number of aromatic nitrogens is 3. The van der Waals surface area contributed by atoms with Crippen molar-refractivity contribution in [2.75, 3.05) is 19.8 Å². The van der Waals surface area contributed by atoms with Crippen molar-refractivity contribution in [1.29, 1.82) is 0 Å². The van der Waals surface area contributed by atoms with E-state index in [0.717, 1.165) is 28.5 Å². The van der Waals surface area contributed by atoms with E-state index >= 15 is 0 Å². The third-order valence-corrected chi connectivity index (χ3v) is 8.94. The van der Waals surface area contributed by atoms with Crippen molar-refractivity contribution < 1.29 is 22.9 Å². The van der Waals surface area contributed by atoms with E-state index in [0.29, 0.717) is 12.2 Å². The van der Waals surface area contributed by atoms with Crippen LogP contribution in [0.3, 0.4) is 0 Å². The first-order chi connectivity index (χ1) is 19.4. The lowest BCUT2D eigenvalue weighted by Gasteiger charge is -2.36. The third-order valence-electron chi connectivity index (χ3n) is 6.23. The predicted molar refractivity (Wildman–Crippen MR) is 157 cm³/mol. The Morgan fingerprint density at radius 2 is 1.32 bits per heavy atom. The molecule has 0 saturated carbocycles. The summed E-state index contributed by atoms with van der Waals surface area (Å²) < 4.78 is 30.7. The number of thioether (sulfide) groups is 1. The maximum atomic E-state index is 12.8. The quantitative estimate of drug-likeness (QED) is 0.116. The summed E-state index contributed by atoms with van der Waals surface area (Å²) in [5.41, 5.74) is 2.21. The summed E-state index contributed by atoms with van der Waals surface area (Å²) in [4.78, 5) is 16.9. The Balaban J connectivity index is 1.77. The third kappa shape index (κ3) is 6.79. The van der Waals surface area contributed by atoms with Crippen molar-refractivity contribution in [3.63, 3.8) is 0 Å².